The average molecular weight is 308 g/mol. The maximum atomic E-state index is 11.7. The Bertz CT molecular complexity index is 333. The molecule has 1 N–H and O–H groups in total. The number of rotatable bonds is 5. The van der Waals surface area contributed by atoms with Crippen molar-refractivity contribution in [3.8, 4) is 0 Å². The fourth-order valence-electron chi connectivity index (χ4n) is 1.84. The molecule has 0 aromatic heterocycles. The molecule has 0 aromatic carbocycles. The summed E-state index contributed by atoms with van der Waals surface area (Å²) < 4.78 is 4.53. The number of carboxylic acid groups (broad SMARTS) is 1. The van der Waals surface area contributed by atoms with Crippen molar-refractivity contribution in [1.82, 2.24) is 4.90 Å². The molecule has 1 unspecified atom stereocenters. The molecule has 0 spiro atoms. The summed E-state index contributed by atoms with van der Waals surface area (Å²) in [4.78, 5) is 35.2. The molecule has 7 heteroatoms. The van der Waals surface area contributed by atoms with E-state index in [0.717, 1.165) is 0 Å². The summed E-state index contributed by atoms with van der Waals surface area (Å²) in [7, 11) is 1.18. The first kappa shape index (κ1) is 14.0. The van der Waals surface area contributed by atoms with Gasteiger partial charge in [-0.2, -0.15) is 0 Å². The topological polar surface area (TPSA) is 83.9 Å². The van der Waals surface area contributed by atoms with E-state index in [1.807, 2.05) is 0 Å². The number of esters is 1. The van der Waals surface area contributed by atoms with Crippen LogP contribution >= 0.6 is 15.9 Å². The molecule has 2 atom stereocenters. The predicted molar refractivity (Wildman–Crippen MR) is 61.7 cm³/mol. The Morgan fingerprint density at radius 2 is 2.29 bits per heavy atom. The van der Waals surface area contributed by atoms with Crippen molar-refractivity contribution in [2.75, 3.05) is 19.0 Å². The van der Waals surface area contributed by atoms with Crippen molar-refractivity contribution in [2.24, 2.45) is 5.92 Å². The fraction of sp³-hybridized carbons (Fsp3) is 0.700. The van der Waals surface area contributed by atoms with Crippen LogP contribution in [0.3, 0.4) is 0 Å². The Kier molecular flexibility index (Phi) is 4.92. The Morgan fingerprint density at radius 3 is 2.71 bits per heavy atom. The van der Waals surface area contributed by atoms with E-state index in [2.05, 4.69) is 20.7 Å². The third-order valence-corrected chi connectivity index (χ3v) is 3.59. The second-order valence-corrected chi connectivity index (χ2v) is 4.55. The van der Waals surface area contributed by atoms with E-state index >= 15 is 0 Å². The van der Waals surface area contributed by atoms with Crippen molar-refractivity contribution >= 4 is 33.8 Å². The molecule has 1 rings (SSSR count). The van der Waals surface area contributed by atoms with Crippen LogP contribution in [-0.2, 0) is 19.1 Å². The first-order valence-electron chi connectivity index (χ1n) is 5.14. The fourth-order valence-corrected chi connectivity index (χ4v) is 2.27. The standard InChI is InChI=1S/C10H14BrNO5/c1-17-10(16)7(3-9(14)15)12-5-6(4-11)2-8(12)13/h6-7H,2-5H2,1H3,(H,14,15)/t6?,7-/m1/s1. The molecule has 6 nitrogen and oxygen atoms in total. The number of hydrogen-bond acceptors (Lipinski definition) is 4. The van der Waals surface area contributed by atoms with E-state index in [1.54, 1.807) is 0 Å². The zero-order chi connectivity index (χ0) is 13.0. The van der Waals surface area contributed by atoms with Crippen LogP contribution in [0, 0.1) is 5.92 Å². The van der Waals surface area contributed by atoms with Crippen molar-refractivity contribution in [3.05, 3.63) is 0 Å². The van der Waals surface area contributed by atoms with Crippen LogP contribution in [0.25, 0.3) is 0 Å². The van der Waals surface area contributed by atoms with Gasteiger partial charge in [-0.05, 0) is 5.92 Å². The summed E-state index contributed by atoms with van der Waals surface area (Å²) in [6.45, 7) is 0.386. The molecule has 0 aliphatic carbocycles. The van der Waals surface area contributed by atoms with Gasteiger partial charge in [-0.15, -0.1) is 0 Å². The maximum Gasteiger partial charge on any atom is 0.329 e. The first-order valence-corrected chi connectivity index (χ1v) is 6.26. The molecule has 0 radical (unpaired) electrons. The molecule has 0 aromatic rings. The molecule has 1 aliphatic heterocycles. The highest BCUT2D eigenvalue weighted by Gasteiger charge is 2.38. The van der Waals surface area contributed by atoms with Gasteiger partial charge in [-0.3, -0.25) is 9.59 Å². The van der Waals surface area contributed by atoms with Gasteiger partial charge in [-0.1, -0.05) is 15.9 Å². The average Bonchev–Trinajstić information content (AvgIpc) is 2.66. The van der Waals surface area contributed by atoms with Gasteiger partial charge in [0.15, 0.2) is 0 Å². The zero-order valence-corrected chi connectivity index (χ0v) is 11.0. The number of halogens is 1. The van der Waals surface area contributed by atoms with Crippen LogP contribution in [0.2, 0.25) is 0 Å². The number of methoxy groups -OCH3 is 1. The number of carbonyl (C=O) groups excluding carboxylic acids is 2. The van der Waals surface area contributed by atoms with Gasteiger partial charge in [0.25, 0.3) is 0 Å². The van der Waals surface area contributed by atoms with Crippen molar-refractivity contribution in [2.45, 2.75) is 18.9 Å². The number of nitrogens with zero attached hydrogens (tertiary/aromatic N) is 1. The SMILES string of the molecule is COC(=O)[C@@H](CC(=O)O)N1CC(CBr)CC1=O. The molecule has 1 heterocycles. The molecule has 1 amide bonds. The normalized spacial score (nSPS) is 21.4. The number of alkyl halides is 1. The van der Waals surface area contributed by atoms with E-state index in [4.69, 9.17) is 5.11 Å². The number of amides is 1. The van der Waals surface area contributed by atoms with E-state index in [-0.39, 0.29) is 11.8 Å². The lowest BCUT2D eigenvalue weighted by atomic mass is 10.1. The van der Waals surface area contributed by atoms with Gasteiger partial charge in [0.2, 0.25) is 5.91 Å². The summed E-state index contributed by atoms with van der Waals surface area (Å²) in [5.41, 5.74) is 0. The largest absolute Gasteiger partial charge is 0.481 e. The van der Waals surface area contributed by atoms with Crippen molar-refractivity contribution in [1.29, 1.82) is 0 Å². The smallest absolute Gasteiger partial charge is 0.329 e. The predicted octanol–water partition coefficient (Wildman–Crippen LogP) is 0.246. The second-order valence-electron chi connectivity index (χ2n) is 3.91. The van der Waals surface area contributed by atoms with Gasteiger partial charge in [-0.25, -0.2) is 4.79 Å². The number of carboxylic acids is 1. The minimum Gasteiger partial charge on any atom is -0.481 e. The second kappa shape index (κ2) is 6.00. The molecule has 96 valence electrons. The lowest BCUT2D eigenvalue weighted by molar-refractivity contribution is -0.155. The number of likely N-dealkylation sites (tertiary alicyclic amines) is 1. The summed E-state index contributed by atoms with van der Waals surface area (Å²) in [5, 5.41) is 9.39. The molecule has 1 aliphatic rings. The number of carbonyl (C=O) groups is 3. The lowest BCUT2D eigenvalue weighted by Gasteiger charge is -2.24. The first-order chi connectivity index (χ1) is 7.99. The molecule has 17 heavy (non-hydrogen) atoms. The molecule has 0 bridgehead atoms. The van der Waals surface area contributed by atoms with Gasteiger partial charge < -0.3 is 14.7 Å². The summed E-state index contributed by atoms with van der Waals surface area (Å²) in [6.07, 6.45) is -0.0915. The zero-order valence-electron chi connectivity index (χ0n) is 9.39. The minimum absolute atomic E-state index is 0.114. The Labute approximate surface area is 107 Å². The van der Waals surface area contributed by atoms with Crippen LogP contribution in [0.5, 0.6) is 0 Å². The number of ether oxygens (including phenoxy) is 1. The van der Waals surface area contributed by atoms with Crippen LogP contribution in [0.1, 0.15) is 12.8 Å². The van der Waals surface area contributed by atoms with E-state index in [1.165, 1.54) is 12.0 Å². The van der Waals surface area contributed by atoms with E-state index < -0.39 is 24.4 Å². The number of aliphatic carboxylic acids is 1. The van der Waals surface area contributed by atoms with Gasteiger partial charge >= 0.3 is 11.9 Å². The lowest BCUT2D eigenvalue weighted by Crippen LogP contribution is -2.44. The van der Waals surface area contributed by atoms with Gasteiger partial charge in [0.1, 0.15) is 6.04 Å². The maximum absolute atomic E-state index is 11.7. The van der Waals surface area contributed by atoms with Crippen LogP contribution in [0.15, 0.2) is 0 Å². The van der Waals surface area contributed by atoms with Crippen molar-refractivity contribution < 1.29 is 24.2 Å². The van der Waals surface area contributed by atoms with Crippen LogP contribution < -0.4 is 0 Å². The summed E-state index contributed by atoms with van der Waals surface area (Å²) in [6, 6.07) is -1.02. The third kappa shape index (κ3) is 3.42. The summed E-state index contributed by atoms with van der Waals surface area (Å²) in [5.74, 6) is -1.90. The third-order valence-electron chi connectivity index (χ3n) is 2.67. The molecular weight excluding hydrogens is 294 g/mol. The van der Waals surface area contributed by atoms with E-state index in [0.29, 0.717) is 18.3 Å². The van der Waals surface area contributed by atoms with Gasteiger partial charge in [0, 0.05) is 18.3 Å². The highest BCUT2D eigenvalue weighted by atomic mass is 79.9. The minimum atomic E-state index is -1.13. The highest BCUT2D eigenvalue weighted by Crippen LogP contribution is 2.23. The summed E-state index contributed by atoms with van der Waals surface area (Å²) >= 11 is 3.27. The Hall–Kier alpha value is -1.11. The Morgan fingerprint density at radius 1 is 1.65 bits per heavy atom. The molecule has 1 fully saturated rings. The van der Waals surface area contributed by atoms with Crippen LogP contribution in [-0.4, -0.2) is 52.9 Å². The quantitative estimate of drug-likeness (QED) is 0.581. The van der Waals surface area contributed by atoms with E-state index in [9.17, 15) is 14.4 Å². The monoisotopic (exact) mass is 307 g/mol. The van der Waals surface area contributed by atoms with Gasteiger partial charge in [0.05, 0.1) is 13.5 Å². The number of hydrogen-bond donors (Lipinski definition) is 1. The molecule has 1 saturated heterocycles. The highest BCUT2D eigenvalue weighted by molar-refractivity contribution is 9.09. The molecular formula is C10H14BrNO5. The Balaban J connectivity index is 2.79. The van der Waals surface area contributed by atoms with Crippen molar-refractivity contribution in [3.63, 3.8) is 0 Å². The molecule has 0 saturated carbocycles. The van der Waals surface area contributed by atoms with Crippen LogP contribution in [0.4, 0.5) is 0 Å².